The molecule has 6 heteroatoms. The monoisotopic (exact) mass is 295 g/mol. The van der Waals surface area contributed by atoms with Crippen molar-refractivity contribution in [1.82, 2.24) is 5.32 Å². The fourth-order valence-electron chi connectivity index (χ4n) is 2.49. The molecule has 0 bridgehead atoms. The van der Waals surface area contributed by atoms with Gasteiger partial charge in [0.05, 0.1) is 6.10 Å². The molecule has 1 aliphatic rings. The van der Waals surface area contributed by atoms with Crippen LogP contribution in [-0.2, 0) is 16.0 Å². The Morgan fingerprint density at radius 2 is 1.95 bits per heavy atom. The molecule has 116 valence electrons. The molecule has 1 aliphatic heterocycles. The number of aliphatic hydroxyl groups excluding tert-OH is 2. The van der Waals surface area contributed by atoms with E-state index in [2.05, 4.69) is 5.32 Å². The van der Waals surface area contributed by atoms with Crippen molar-refractivity contribution in [2.45, 2.75) is 50.3 Å². The van der Waals surface area contributed by atoms with E-state index in [9.17, 15) is 20.1 Å². The summed E-state index contributed by atoms with van der Waals surface area (Å²) in [5.41, 5.74) is 0.873. The first kappa shape index (κ1) is 15.9. The third kappa shape index (κ3) is 3.79. The number of carboxylic acids is 1. The molecule has 1 saturated heterocycles. The molecule has 0 spiro atoms. The van der Waals surface area contributed by atoms with Gasteiger partial charge in [-0.1, -0.05) is 37.3 Å². The summed E-state index contributed by atoms with van der Waals surface area (Å²) in [5, 5.41) is 31.8. The predicted octanol–water partition coefficient (Wildman–Crippen LogP) is 0.129. The Balaban J connectivity index is 2.02. The Morgan fingerprint density at radius 3 is 2.48 bits per heavy atom. The van der Waals surface area contributed by atoms with E-state index in [1.54, 1.807) is 0 Å². The van der Waals surface area contributed by atoms with Gasteiger partial charge >= 0.3 is 5.97 Å². The maximum Gasteiger partial charge on any atom is 0.321 e. The fourth-order valence-corrected chi connectivity index (χ4v) is 2.49. The molecule has 0 aromatic heterocycles. The van der Waals surface area contributed by atoms with Gasteiger partial charge < -0.3 is 20.1 Å². The largest absolute Gasteiger partial charge is 0.480 e. The molecule has 1 heterocycles. The highest BCUT2D eigenvalue weighted by Gasteiger charge is 2.43. The maximum atomic E-state index is 11.4. The second-order valence-corrected chi connectivity index (χ2v) is 5.23. The van der Waals surface area contributed by atoms with E-state index < -0.39 is 36.6 Å². The standard InChI is InChI=1S/C15H21NO5/c1-2-11-12(17)13(18)14(21-11)16-10(15(19)20)8-9-6-4-3-5-7-9/h3-7,10-14,16-18H,2,8H2,1H3,(H,19,20). The number of benzene rings is 1. The molecule has 21 heavy (non-hydrogen) atoms. The van der Waals surface area contributed by atoms with Gasteiger partial charge in [0.25, 0.3) is 0 Å². The van der Waals surface area contributed by atoms with E-state index in [1.165, 1.54) is 0 Å². The number of carbonyl (C=O) groups is 1. The quantitative estimate of drug-likeness (QED) is 0.595. The lowest BCUT2D eigenvalue weighted by molar-refractivity contribution is -0.141. The van der Waals surface area contributed by atoms with Gasteiger partial charge in [0.1, 0.15) is 24.5 Å². The Kier molecular flexibility index (Phi) is 5.30. The zero-order valence-electron chi connectivity index (χ0n) is 11.8. The van der Waals surface area contributed by atoms with Crippen molar-refractivity contribution in [2.24, 2.45) is 0 Å². The Morgan fingerprint density at radius 1 is 1.29 bits per heavy atom. The zero-order chi connectivity index (χ0) is 15.4. The molecule has 5 unspecified atom stereocenters. The van der Waals surface area contributed by atoms with Crippen molar-refractivity contribution in [3.8, 4) is 0 Å². The van der Waals surface area contributed by atoms with Crippen LogP contribution < -0.4 is 5.32 Å². The molecule has 6 nitrogen and oxygen atoms in total. The number of rotatable bonds is 6. The Labute approximate surface area is 123 Å². The van der Waals surface area contributed by atoms with E-state index in [4.69, 9.17) is 4.74 Å². The van der Waals surface area contributed by atoms with Crippen LogP contribution in [0.1, 0.15) is 18.9 Å². The van der Waals surface area contributed by atoms with Crippen LogP contribution >= 0.6 is 0 Å². The minimum atomic E-state index is -1.13. The van der Waals surface area contributed by atoms with Crippen LogP contribution in [-0.4, -0.2) is 51.9 Å². The summed E-state index contributed by atoms with van der Waals surface area (Å²) in [4.78, 5) is 11.4. The number of aliphatic carboxylic acids is 1. The van der Waals surface area contributed by atoms with Crippen LogP contribution in [0.4, 0.5) is 0 Å². The average molecular weight is 295 g/mol. The van der Waals surface area contributed by atoms with Gasteiger partial charge in [-0.2, -0.15) is 0 Å². The molecule has 0 amide bonds. The summed E-state index contributed by atoms with van der Waals surface area (Å²) in [6.07, 6.45) is -2.67. The van der Waals surface area contributed by atoms with Gasteiger partial charge in [-0.25, -0.2) is 0 Å². The van der Waals surface area contributed by atoms with Gasteiger partial charge in [-0.15, -0.1) is 0 Å². The smallest absolute Gasteiger partial charge is 0.321 e. The zero-order valence-corrected chi connectivity index (χ0v) is 11.8. The van der Waals surface area contributed by atoms with Crippen molar-refractivity contribution in [3.05, 3.63) is 35.9 Å². The summed E-state index contributed by atoms with van der Waals surface area (Å²) >= 11 is 0. The second kappa shape index (κ2) is 7.00. The van der Waals surface area contributed by atoms with Crippen LogP contribution in [0.2, 0.25) is 0 Å². The van der Waals surface area contributed by atoms with Gasteiger partial charge in [0, 0.05) is 0 Å². The molecule has 1 aromatic rings. The van der Waals surface area contributed by atoms with Crippen LogP contribution in [0.3, 0.4) is 0 Å². The van der Waals surface area contributed by atoms with E-state index >= 15 is 0 Å². The molecule has 0 saturated carbocycles. The first-order valence-electron chi connectivity index (χ1n) is 7.07. The molecule has 1 fully saturated rings. The molecule has 0 radical (unpaired) electrons. The number of carboxylic acid groups (broad SMARTS) is 1. The van der Waals surface area contributed by atoms with Gasteiger partial charge in [0.2, 0.25) is 0 Å². The van der Waals surface area contributed by atoms with Crippen LogP contribution in [0, 0.1) is 0 Å². The molecule has 5 atom stereocenters. The predicted molar refractivity (Wildman–Crippen MR) is 75.7 cm³/mol. The van der Waals surface area contributed by atoms with Gasteiger partial charge in [-0.3, -0.25) is 10.1 Å². The highest BCUT2D eigenvalue weighted by Crippen LogP contribution is 2.22. The van der Waals surface area contributed by atoms with Crippen molar-refractivity contribution < 1.29 is 24.9 Å². The first-order chi connectivity index (χ1) is 10.0. The number of hydrogen-bond donors (Lipinski definition) is 4. The highest BCUT2D eigenvalue weighted by molar-refractivity contribution is 5.74. The molecule has 2 rings (SSSR count). The highest BCUT2D eigenvalue weighted by atomic mass is 16.6. The summed E-state index contributed by atoms with van der Waals surface area (Å²) in [6, 6.07) is 8.33. The summed E-state index contributed by atoms with van der Waals surface area (Å²) in [5.74, 6) is -1.02. The van der Waals surface area contributed by atoms with Crippen LogP contribution in [0.25, 0.3) is 0 Å². The molecule has 0 aliphatic carbocycles. The van der Waals surface area contributed by atoms with Crippen molar-refractivity contribution in [3.63, 3.8) is 0 Å². The summed E-state index contributed by atoms with van der Waals surface area (Å²) < 4.78 is 5.48. The minimum absolute atomic E-state index is 0.273. The Bertz CT molecular complexity index is 466. The van der Waals surface area contributed by atoms with Crippen molar-refractivity contribution >= 4 is 5.97 Å². The lowest BCUT2D eigenvalue weighted by Crippen LogP contribution is -2.49. The first-order valence-corrected chi connectivity index (χ1v) is 7.07. The average Bonchev–Trinajstić information content (AvgIpc) is 2.75. The number of ether oxygens (including phenoxy) is 1. The normalized spacial score (nSPS) is 30.2. The maximum absolute atomic E-state index is 11.4. The number of aliphatic hydroxyl groups is 2. The third-order valence-electron chi connectivity index (χ3n) is 3.71. The van der Waals surface area contributed by atoms with E-state index in [1.807, 2.05) is 37.3 Å². The van der Waals surface area contributed by atoms with Crippen LogP contribution in [0.5, 0.6) is 0 Å². The Hall–Kier alpha value is -1.47. The van der Waals surface area contributed by atoms with E-state index in [-0.39, 0.29) is 6.42 Å². The molecular formula is C15H21NO5. The van der Waals surface area contributed by atoms with Gasteiger partial charge in [0.15, 0.2) is 0 Å². The van der Waals surface area contributed by atoms with Crippen LogP contribution in [0.15, 0.2) is 30.3 Å². The van der Waals surface area contributed by atoms with Gasteiger partial charge in [-0.05, 0) is 18.4 Å². The SMILES string of the molecule is CCC1OC(NC(Cc2ccccc2)C(=O)O)C(O)C1O. The molecule has 1 aromatic carbocycles. The topological polar surface area (TPSA) is 99.0 Å². The van der Waals surface area contributed by atoms with Crippen molar-refractivity contribution in [2.75, 3.05) is 0 Å². The molecular weight excluding hydrogens is 274 g/mol. The summed E-state index contributed by atoms with van der Waals surface area (Å²) in [6.45, 7) is 1.83. The summed E-state index contributed by atoms with van der Waals surface area (Å²) in [7, 11) is 0. The minimum Gasteiger partial charge on any atom is -0.480 e. The number of hydrogen-bond acceptors (Lipinski definition) is 5. The van der Waals surface area contributed by atoms with E-state index in [0.717, 1.165) is 5.56 Å². The fraction of sp³-hybridized carbons (Fsp3) is 0.533. The van der Waals surface area contributed by atoms with E-state index in [0.29, 0.717) is 6.42 Å². The second-order valence-electron chi connectivity index (χ2n) is 5.23. The number of nitrogens with one attached hydrogen (secondary N) is 1. The lowest BCUT2D eigenvalue weighted by atomic mass is 10.0. The third-order valence-corrected chi connectivity index (χ3v) is 3.71. The lowest BCUT2D eigenvalue weighted by Gasteiger charge is -2.22. The van der Waals surface area contributed by atoms with Crippen molar-refractivity contribution in [1.29, 1.82) is 0 Å². The molecule has 4 N–H and O–H groups in total.